The lowest BCUT2D eigenvalue weighted by Crippen LogP contribution is -2.32. The summed E-state index contributed by atoms with van der Waals surface area (Å²) in [4.78, 5) is 8.31. The summed E-state index contributed by atoms with van der Waals surface area (Å²) in [6.45, 7) is 6.20. The van der Waals surface area contributed by atoms with Crippen LogP contribution in [-0.4, -0.2) is 48.6 Å². The number of hydrogen-bond acceptors (Lipinski definition) is 5. The number of nitrogens with zero attached hydrogens (tertiary/aromatic N) is 3. The van der Waals surface area contributed by atoms with Crippen LogP contribution in [0.25, 0.3) is 0 Å². The Bertz CT molecular complexity index is 490. The van der Waals surface area contributed by atoms with E-state index in [0.29, 0.717) is 19.6 Å². The van der Waals surface area contributed by atoms with Crippen LogP contribution in [0.15, 0.2) is 12.3 Å². The predicted octanol–water partition coefficient (Wildman–Crippen LogP) is 0.546. The molecular weight excluding hydrogens is 264 g/mol. The molecule has 7 heteroatoms. The standard InChI is InChI=1S/C12H22N4O2S/c1-4-16(19(3,17)18)9-5-7-13-10-12-6-8-14-11(2)15-12/h6,8,13H,4-5,7,9-10H2,1-3H3. The molecule has 0 radical (unpaired) electrons. The van der Waals surface area contributed by atoms with Crippen LogP contribution < -0.4 is 5.32 Å². The van der Waals surface area contributed by atoms with Crippen molar-refractivity contribution >= 4 is 10.0 Å². The van der Waals surface area contributed by atoms with Crippen molar-refractivity contribution in [1.29, 1.82) is 0 Å². The van der Waals surface area contributed by atoms with Gasteiger partial charge in [0.25, 0.3) is 0 Å². The molecule has 6 nitrogen and oxygen atoms in total. The van der Waals surface area contributed by atoms with Crippen molar-refractivity contribution in [1.82, 2.24) is 19.6 Å². The molecule has 1 N–H and O–H groups in total. The summed E-state index contributed by atoms with van der Waals surface area (Å²) in [7, 11) is -3.08. The van der Waals surface area contributed by atoms with E-state index in [4.69, 9.17) is 0 Å². The van der Waals surface area contributed by atoms with Crippen LogP contribution in [0.4, 0.5) is 0 Å². The van der Waals surface area contributed by atoms with Gasteiger partial charge in [-0.25, -0.2) is 22.7 Å². The van der Waals surface area contributed by atoms with Gasteiger partial charge in [-0.1, -0.05) is 6.92 Å². The lowest BCUT2D eigenvalue weighted by atomic mass is 10.3. The molecule has 108 valence electrons. The molecule has 1 aromatic rings. The first-order valence-corrected chi connectivity index (χ1v) is 8.22. The SMILES string of the molecule is CCN(CCCNCc1ccnc(C)n1)S(C)(=O)=O. The van der Waals surface area contributed by atoms with Crippen LogP contribution >= 0.6 is 0 Å². The average Bonchev–Trinajstić information content (AvgIpc) is 2.32. The molecular formula is C12H22N4O2S. The maximum absolute atomic E-state index is 11.4. The molecule has 0 saturated carbocycles. The highest BCUT2D eigenvalue weighted by atomic mass is 32.2. The van der Waals surface area contributed by atoms with Gasteiger partial charge in [0.1, 0.15) is 5.82 Å². The Kier molecular flexibility index (Phi) is 6.33. The van der Waals surface area contributed by atoms with Gasteiger partial charge in [0.2, 0.25) is 10.0 Å². The van der Waals surface area contributed by atoms with Gasteiger partial charge in [-0.15, -0.1) is 0 Å². The van der Waals surface area contributed by atoms with E-state index in [9.17, 15) is 8.42 Å². The summed E-state index contributed by atoms with van der Waals surface area (Å²) in [6.07, 6.45) is 3.76. The minimum absolute atomic E-state index is 0.518. The minimum Gasteiger partial charge on any atom is -0.311 e. The van der Waals surface area contributed by atoms with Crippen molar-refractivity contribution in [2.24, 2.45) is 0 Å². The molecule has 0 fully saturated rings. The molecule has 0 aliphatic heterocycles. The smallest absolute Gasteiger partial charge is 0.211 e. The summed E-state index contributed by atoms with van der Waals surface area (Å²) >= 11 is 0. The van der Waals surface area contributed by atoms with Crippen molar-refractivity contribution in [2.75, 3.05) is 25.9 Å². The quantitative estimate of drug-likeness (QED) is 0.706. The zero-order valence-electron chi connectivity index (χ0n) is 11.8. The maximum atomic E-state index is 11.4. The van der Waals surface area contributed by atoms with Crippen molar-refractivity contribution < 1.29 is 8.42 Å². The molecule has 0 atom stereocenters. The molecule has 0 aliphatic carbocycles. The fourth-order valence-corrected chi connectivity index (χ4v) is 2.69. The van der Waals surface area contributed by atoms with Gasteiger partial charge in [0, 0.05) is 25.8 Å². The Morgan fingerprint density at radius 2 is 2.16 bits per heavy atom. The van der Waals surface area contributed by atoms with Gasteiger partial charge in [0.05, 0.1) is 11.9 Å². The third-order valence-corrected chi connectivity index (χ3v) is 4.10. The van der Waals surface area contributed by atoms with E-state index in [1.807, 2.05) is 19.9 Å². The lowest BCUT2D eigenvalue weighted by molar-refractivity contribution is 0.419. The van der Waals surface area contributed by atoms with Crippen molar-refractivity contribution in [3.8, 4) is 0 Å². The summed E-state index contributed by atoms with van der Waals surface area (Å²) < 4.78 is 24.2. The lowest BCUT2D eigenvalue weighted by Gasteiger charge is -2.17. The Morgan fingerprint density at radius 1 is 1.42 bits per heavy atom. The second-order valence-corrected chi connectivity index (χ2v) is 6.36. The van der Waals surface area contributed by atoms with Gasteiger partial charge in [-0.05, 0) is 26.0 Å². The van der Waals surface area contributed by atoms with E-state index in [-0.39, 0.29) is 0 Å². The molecule has 1 rings (SSSR count). The van der Waals surface area contributed by atoms with Gasteiger partial charge in [0.15, 0.2) is 0 Å². The molecule has 1 aromatic heterocycles. The Hall–Kier alpha value is -1.05. The third kappa shape index (κ3) is 6.09. The topological polar surface area (TPSA) is 75.2 Å². The van der Waals surface area contributed by atoms with Crippen LogP contribution in [0.5, 0.6) is 0 Å². The summed E-state index contributed by atoms with van der Waals surface area (Å²) in [5.74, 6) is 0.758. The monoisotopic (exact) mass is 286 g/mol. The van der Waals surface area contributed by atoms with E-state index < -0.39 is 10.0 Å². The largest absolute Gasteiger partial charge is 0.311 e. The van der Waals surface area contributed by atoms with E-state index >= 15 is 0 Å². The Morgan fingerprint density at radius 3 is 2.74 bits per heavy atom. The first-order valence-electron chi connectivity index (χ1n) is 6.38. The van der Waals surface area contributed by atoms with Crippen molar-refractivity contribution in [2.45, 2.75) is 26.8 Å². The predicted molar refractivity (Wildman–Crippen MR) is 75.2 cm³/mol. The fraction of sp³-hybridized carbons (Fsp3) is 0.667. The number of hydrogen-bond donors (Lipinski definition) is 1. The van der Waals surface area contributed by atoms with Crippen LogP contribution in [0.1, 0.15) is 24.9 Å². The third-order valence-electron chi connectivity index (χ3n) is 2.72. The van der Waals surface area contributed by atoms with Gasteiger partial charge in [-0.3, -0.25) is 0 Å². The van der Waals surface area contributed by atoms with Gasteiger partial charge >= 0.3 is 0 Å². The molecule has 0 amide bonds. The molecule has 0 bridgehead atoms. The second-order valence-electron chi connectivity index (χ2n) is 4.38. The highest BCUT2D eigenvalue weighted by Crippen LogP contribution is 1.99. The zero-order chi connectivity index (χ0) is 14.3. The van der Waals surface area contributed by atoms with Gasteiger partial charge in [-0.2, -0.15) is 0 Å². The average molecular weight is 286 g/mol. The first kappa shape index (κ1) is 16.0. The van der Waals surface area contributed by atoms with E-state index in [0.717, 1.165) is 24.5 Å². The van der Waals surface area contributed by atoms with Crippen molar-refractivity contribution in [3.63, 3.8) is 0 Å². The normalized spacial score (nSPS) is 12.0. The highest BCUT2D eigenvalue weighted by Gasteiger charge is 2.12. The summed E-state index contributed by atoms with van der Waals surface area (Å²) in [5, 5.41) is 3.25. The number of aryl methyl sites for hydroxylation is 1. The number of rotatable bonds is 8. The van der Waals surface area contributed by atoms with Crippen molar-refractivity contribution in [3.05, 3.63) is 23.8 Å². The fourth-order valence-electron chi connectivity index (χ4n) is 1.76. The molecule has 0 saturated heterocycles. The minimum atomic E-state index is -3.08. The highest BCUT2D eigenvalue weighted by molar-refractivity contribution is 7.88. The van der Waals surface area contributed by atoms with E-state index in [1.165, 1.54) is 10.6 Å². The van der Waals surface area contributed by atoms with Crippen LogP contribution in [0, 0.1) is 6.92 Å². The Balaban J connectivity index is 2.25. The van der Waals surface area contributed by atoms with Crippen LogP contribution in [0.3, 0.4) is 0 Å². The molecule has 0 spiro atoms. The van der Waals surface area contributed by atoms with E-state index in [1.54, 1.807) is 6.20 Å². The maximum Gasteiger partial charge on any atom is 0.211 e. The molecule has 19 heavy (non-hydrogen) atoms. The Labute approximate surface area is 115 Å². The molecule has 1 heterocycles. The first-order chi connectivity index (χ1) is 8.93. The van der Waals surface area contributed by atoms with Crippen LogP contribution in [0.2, 0.25) is 0 Å². The molecule has 0 aliphatic rings. The second kappa shape index (κ2) is 7.52. The number of nitrogens with one attached hydrogen (secondary N) is 1. The summed E-state index contributed by atoms with van der Waals surface area (Å²) in [6, 6.07) is 1.87. The van der Waals surface area contributed by atoms with Crippen LogP contribution in [-0.2, 0) is 16.6 Å². The molecule has 0 unspecified atom stereocenters. The van der Waals surface area contributed by atoms with Gasteiger partial charge < -0.3 is 5.32 Å². The molecule has 0 aromatic carbocycles. The number of aromatic nitrogens is 2. The zero-order valence-corrected chi connectivity index (χ0v) is 12.6. The number of sulfonamides is 1. The van der Waals surface area contributed by atoms with E-state index in [2.05, 4.69) is 15.3 Å². The summed E-state index contributed by atoms with van der Waals surface area (Å²) in [5.41, 5.74) is 0.947.